The van der Waals surface area contributed by atoms with Crippen molar-refractivity contribution in [2.75, 3.05) is 39.3 Å². The minimum atomic E-state index is -0.486. The minimum absolute atomic E-state index is 0. The molecule has 1 aliphatic rings. The van der Waals surface area contributed by atoms with E-state index in [4.69, 9.17) is 4.74 Å². The molecule has 0 saturated heterocycles. The summed E-state index contributed by atoms with van der Waals surface area (Å²) in [6, 6.07) is 18.7. The molecule has 0 aliphatic carbocycles. The van der Waals surface area contributed by atoms with E-state index in [9.17, 15) is 5.11 Å². The molecule has 6 nitrogen and oxygen atoms in total. The molecule has 0 radical (unpaired) electrons. The highest BCUT2D eigenvalue weighted by Crippen LogP contribution is 2.18. The van der Waals surface area contributed by atoms with E-state index in [1.54, 1.807) is 0 Å². The lowest BCUT2D eigenvalue weighted by molar-refractivity contribution is 0.111. The van der Waals surface area contributed by atoms with E-state index in [1.165, 1.54) is 16.7 Å². The Hall–Kier alpha value is -1.68. The molecular formula is C24H35IN4O2. The monoisotopic (exact) mass is 538 g/mol. The first-order valence-corrected chi connectivity index (χ1v) is 10.9. The van der Waals surface area contributed by atoms with Crippen molar-refractivity contribution in [2.24, 2.45) is 4.99 Å². The molecule has 0 saturated carbocycles. The number of guanidine groups is 1. The first-order valence-electron chi connectivity index (χ1n) is 10.9. The number of β-amino-alcohol motifs (C(OH)–C–C–N with tert-alkyl or cyclic N) is 1. The first kappa shape index (κ1) is 25.6. The lowest BCUT2D eigenvalue weighted by Gasteiger charge is -2.30. The Morgan fingerprint density at radius 2 is 1.84 bits per heavy atom. The molecule has 0 amide bonds. The van der Waals surface area contributed by atoms with Crippen molar-refractivity contribution in [3.63, 3.8) is 0 Å². The summed E-state index contributed by atoms with van der Waals surface area (Å²) in [4.78, 5) is 6.85. The van der Waals surface area contributed by atoms with E-state index >= 15 is 0 Å². The van der Waals surface area contributed by atoms with Crippen LogP contribution in [0, 0.1) is 0 Å². The van der Waals surface area contributed by atoms with E-state index < -0.39 is 6.10 Å². The van der Waals surface area contributed by atoms with Gasteiger partial charge in [-0.1, -0.05) is 54.6 Å². The average molecular weight is 538 g/mol. The summed E-state index contributed by atoms with van der Waals surface area (Å²) < 4.78 is 5.70. The number of nitrogens with zero attached hydrogens (tertiary/aromatic N) is 2. The maximum Gasteiger partial charge on any atom is 0.191 e. The van der Waals surface area contributed by atoms with Gasteiger partial charge in [-0.3, -0.25) is 9.89 Å². The van der Waals surface area contributed by atoms with Gasteiger partial charge in [-0.15, -0.1) is 24.0 Å². The quantitative estimate of drug-likeness (QED) is 0.188. The molecule has 7 heteroatoms. The Kier molecular flexibility index (Phi) is 11.9. The Bertz CT molecular complexity index is 788. The lowest BCUT2D eigenvalue weighted by Crippen LogP contribution is -2.41. The molecule has 1 atom stereocenters. The highest BCUT2D eigenvalue weighted by molar-refractivity contribution is 14.0. The number of halogens is 1. The van der Waals surface area contributed by atoms with E-state index in [-0.39, 0.29) is 24.0 Å². The van der Waals surface area contributed by atoms with E-state index in [0.29, 0.717) is 38.8 Å². The van der Waals surface area contributed by atoms with Crippen LogP contribution in [0.15, 0.2) is 59.6 Å². The zero-order chi connectivity index (χ0) is 21.0. The van der Waals surface area contributed by atoms with Gasteiger partial charge in [0, 0.05) is 32.7 Å². The van der Waals surface area contributed by atoms with Crippen molar-refractivity contribution in [1.82, 2.24) is 15.5 Å². The normalized spacial score (nSPS) is 15.0. The van der Waals surface area contributed by atoms with Gasteiger partial charge < -0.3 is 20.5 Å². The number of benzene rings is 2. The van der Waals surface area contributed by atoms with Crippen LogP contribution in [0.25, 0.3) is 0 Å². The zero-order valence-electron chi connectivity index (χ0n) is 18.3. The molecular weight excluding hydrogens is 503 g/mol. The summed E-state index contributed by atoms with van der Waals surface area (Å²) in [7, 11) is 0. The molecule has 3 N–H and O–H groups in total. The fraction of sp³-hybridized carbons (Fsp3) is 0.458. The second-order valence-electron chi connectivity index (χ2n) is 7.59. The summed E-state index contributed by atoms with van der Waals surface area (Å²) in [5.74, 6) is 0.712. The predicted molar refractivity (Wildman–Crippen MR) is 137 cm³/mol. The van der Waals surface area contributed by atoms with Crippen LogP contribution < -0.4 is 10.6 Å². The van der Waals surface area contributed by atoms with Crippen LogP contribution in [-0.4, -0.2) is 61.4 Å². The van der Waals surface area contributed by atoms with Gasteiger partial charge in [0.25, 0.3) is 0 Å². The Morgan fingerprint density at radius 1 is 1.10 bits per heavy atom. The van der Waals surface area contributed by atoms with E-state index in [0.717, 1.165) is 26.1 Å². The van der Waals surface area contributed by atoms with E-state index in [2.05, 4.69) is 56.9 Å². The molecule has 2 aromatic carbocycles. The van der Waals surface area contributed by atoms with Gasteiger partial charge in [0.05, 0.1) is 25.9 Å². The zero-order valence-corrected chi connectivity index (χ0v) is 20.6. The number of fused-ring (bicyclic) bond motifs is 1. The number of aliphatic imine (C=N–C) groups is 1. The highest BCUT2D eigenvalue weighted by atomic mass is 127. The number of ether oxygens (including phenoxy) is 1. The molecule has 31 heavy (non-hydrogen) atoms. The minimum Gasteiger partial charge on any atom is -0.390 e. The molecule has 2 aromatic rings. The van der Waals surface area contributed by atoms with Crippen molar-refractivity contribution >= 4 is 29.9 Å². The van der Waals surface area contributed by atoms with Crippen LogP contribution in [0.2, 0.25) is 0 Å². The molecule has 1 heterocycles. The van der Waals surface area contributed by atoms with Gasteiger partial charge in [0.1, 0.15) is 0 Å². The second-order valence-corrected chi connectivity index (χ2v) is 7.59. The molecule has 0 spiro atoms. The Balaban J connectivity index is 0.00000341. The molecule has 0 fully saturated rings. The number of hydrogen-bond acceptors (Lipinski definition) is 4. The number of nitrogens with one attached hydrogen (secondary N) is 2. The lowest BCUT2D eigenvalue weighted by atomic mass is 10.00. The molecule has 170 valence electrons. The third-order valence-electron chi connectivity index (χ3n) is 5.13. The summed E-state index contributed by atoms with van der Waals surface area (Å²) >= 11 is 0. The maximum absolute atomic E-state index is 10.5. The van der Waals surface area contributed by atoms with Gasteiger partial charge in [-0.05, 0) is 30.0 Å². The van der Waals surface area contributed by atoms with Crippen LogP contribution in [0.4, 0.5) is 0 Å². The van der Waals surface area contributed by atoms with Gasteiger partial charge in [0.2, 0.25) is 0 Å². The second kappa shape index (κ2) is 14.4. The van der Waals surface area contributed by atoms with Crippen molar-refractivity contribution < 1.29 is 9.84 Å². The van der Waals surface area contributed by atoms with Gasteiger partial charge in [0.15, 0.2) is 5.96 Å². The topological polar surface area (TPSA) is 69.1 Å². The fourth-order valence-corrected chi connectivity index (χ4v) is 3.61. The van der Waals surface area contributed by atoms with Gasteiger partial charge in [-0.25, -0.2) is 0 Å². The van der Waals surface area contributed by atoms with Crippen molar-refractivity contribution in [1.29, 1.82) is 0 Å². The Labute approximate surface area is 203 Å². The maximum atomic E-state index is 10.5. The Morgan fingerprint density at radius 3 is 2.61 bits per heavy atom. The largest absolute Gasteiger partial charge is 0.390 e. The number of hydrogen-bond donors (Lipinski definition) is 3. The van der Waals surface area contributed by atoms with Crippen LogP contribution in [0.1, 0.15) is 23.6 Å². The average Bonchev–Trinajstić information content (AvgIpc) is 2.78. The highest BCUT2D eigenvalue weighted by Gasteiger charge is 2.18. The summed E-state index contributed by atoms with van der Waals surface area (Å²) in [6.07, 6.45) is 0.555. The summed E-state index contributed by atoms with van der Waals surface area (Å²) in [5.41, 5.74) is 3.96. The summed E-state index contributed by atoms with van der Waals surface area (Å²) in [6.45, 7) is 7.56. The summed E-state index contributed by atoms with van der Waals surface area (Å²) in [5, 5.41) is 17.0. The number of rotatable bonds is 10. The number of aliphatic hydroxyl groups is 1. The standard InChI is InChI=1S/C24H34N4O2.HI/c1-2-25-24(26-13-15-30-19-20-8-4-3-5-9-20)27-16-23(29)18-28-14-12-21-10-6-7-11-22(21)17-28;/h3-11,23,29H,2,12-19H2,1H3,(H2,25,26,27);1H. The van der Waals surface area contributed by atoms with Crippen LogP contribution in [-0.2, 0) is 24.3 Å². The third-order valence-corrected chi connectivity index (χ3v) is 5.13. The third kappa shape index (κ3) is 9.14. The molecule has 1 aliphatic heterocycles. The van der Waals surface area contributed by atoms with Crippen molar-refractivity contribution in [3.8, 4) is 0 Å². The van der Waals surface area contributed by atoms with E-state index in [1.807, 2.05) is 25.1 Å². The molecule has 3 rings (SSSR count). The number of aliphatic hydroxyl groups excluding tert-OH is 1. The van der Waals surface area contributed by atoms with Crippen LogP contribution >= 0.6 is 24.0 Å². The van der Waals surface area contributed by atoms with Crippen molar-refractivity contribution in [3.05, 3.63) is 71.3 Å². The molecule has 0 bridgehead atoms. The van der Waals surface area contributed by atoms with Gasteiger partial charge >= 0.3 is 0 Å². The smallest absolute Gasteiger partial charge is 0.191 e. The molecule has 0 aromatic heterocycles. The first-order chi connectivity index (χ1) is 14.7. The predicted octanol–water partition coefficient (Wildman–Crippen LogP) is 2.80. The van der Waals surface area contributed by atoms with Crippen LogP contribution in [0.5, 0.6) is 0 Å². The molecule has 1 unspecified atom stereocenters. The fourth-order valence-electron chi connectivity index (χ4n) is 3.61. The SMILES string of the molecule is CCNC(=NCC(O)CN1CCc2ccccc2C1)NCCOCc1ccccc1.I. The van der Waals surface area contributed by atoms with Gasteiger partial charge in [-0.2, -0.15) is 0 Å². The van der Waals surface area contributed by atoms with Crippen LogP contribution in [0.3, 0.4) is 0 Å². The van der Waals surface area contributed by atoms with Crippen molar-refractivity contribution in [2.45, 2.75) is 32.6 Å².